The molecule has 0 aromatic heterocycles. The lowest BCUT2D eigenvalue weighted by atomic mass is 10.2. The SMILES string of the molecule is CCOC(=O)c1ccc(NCC(=O)NCc2ccccc2S(=O)(=O)N(C)C)cc1. The fourth-order valence-electron chi connectivity index (χ4n) is 2.48. The number of carbonyl (C=O) groups excluding carboxylic acids is 2. The zero-order valence-electron chi connectivity index (χ0n) is 16.6. The summed E-state index contributed by atoms with van der Waals surface area (Å²) >= 11 is 0. The molecule has 0 atom stereocenters. The quantitative estimate of drug-likeness (QED) is 0.601. The summed E-state index contributed by atoms with van der Waals surface area (Å²) in [5.74, 6) is -0.695. The number of anilines is 1. The van der Waals surface area contributed by atoms with Gasteiger partial charge in [-0.15, -0.1) is 0 Å². The molecule has 0 bridgehead atoms. The first-order valence-corrected chi connectivity index (χ1v) is 10.5. The van der Waals surface area contributed by atoms with Crippen LogP contribution < -0.4 is 10.6 Å². The Hall–Kier alpha value is -2.91. The van der Waals surface area contributed by atoms with Crippen LogP contribution in [0.25, 0.3) is 0 Å². The maximum absolute atomic E-state index is 12.4. The Balaban J connectivity index is 1.92. The molecule has 0 saturated heterocycles. The third kappa shape index (κ3) is 6.03. The van der Waals surface area contributed by atoms with Gasteiger partial charge < -0.3 is 15.4 Å². The molecule has 2 aromatic carbocycles. The summed E-state index contributed by atoms with van der Waals surface area (Å²) in [6.45, 7) is 2.13. The van der Waals surface area contributed by atoms with Crippen LogP contribution in [0.3, 0.4) is 0 Å². The van der Waals surface area contributed by atoms with E-state index >= 15 is 0 Å². The van der Waals surface area contributed by atoms with Gasteiger partial charge in [0.2, 0.25) is 15.9 Å². The topological polar surface area (TPSA) is 105 Å². The number of benzene rings is 2. The van der Waals surface area contributed by atoms with Crippen molar-refractivity contribution in [2.45, 2.75) is 18.4 Å². The third-order valence-corrected chi connectivity index (χ3v) is 5.97. The van der Waals surface area contributed by atoms with Gasteiger partial charge in [-0.2, -0.15) is 0 Å². The second-order valence-electron chi connectivity index (χ2n) is 6.32. The number of hydrogen-bond donors (Lipinski definition) is 2. The number of nitrogens with one attached hydrogen (secondary N) is 2. The van der Waals surface area contributed by atoms with Gasteiger partial charge in [-0.25, -0.2) is 17.5 Å². The van der Waals surface area contributed by atoms with Crippen molar-refractivity contribution < 1.29 is 22.7 Å². The van der Waals surface area contributed by atoms with Crippen LogP contribution in [-0.2, 0) is 26.1 Å². The Morgan fingerprint density at radius 2 is 1.69 bits per heavy atom. The van der Waals surface area contributed by atoms with Gasteiger partial charge in [-0.3, -0.25) is 4.79 Å². The van der Waals surface area contributed by atoms with Crippen molar-refractivity contribution in [3.8, 4) is 0 Å². The van der Waals surface area contributed by atoms with Crippen molar-refractivity contribution in [2.75, 3.05) is 32.6 Å². The van der Waals surface area contributed by atoms with Gasteiger partial charge in [0.1, 0.15) is 0 Å². The molecule has 2 aromatic rings. The molecule has 29 heavy (non-hydrogen) atoms. The summed E-state index contributed by atoms with van der Waals surface area (Å²) in [6, 6.07) is 13.1. The second-order valence-corrected chi connectivity index (χ2v) is 8.44. The number of ether oxygens (including phenoxy) is 1. The van der Waals surface area contributed by atoms with Crippen LogP contribution in [0.15, 0.2) is 53.4 Å². The van der Waals surface area contributed by atoms with Crippen LogP contribution >= 0.6 is 0 Å². The minimum Gasteiger partial charge on any atom is -0.462 e. The summed E-state index contributed by atoms with van der Waals surface area (Å²) in [6.07, 6.45) is 0. The summed E-state index contributed by atoms with van der Waals surface area (Å²) in [7, 11) is -0.677. The summed E-state index contributed by atoms with van der Waals surface area (Å²) < 4.78 is 30.8. The molecule has 0 spiro atoms. The standard InChI is InChI=1S/C20H25N3O5S/c1-4-28-20(25)15-9-11-17(12-10-15)21-14-19(24)22-13-16-7-5-6-8-18(16)29(26,27)23(2)3/h5-12,21H,4,13-14H2,1-3H3,(H,22,24). The predicted molar refractivity (Wildman–Crippen MR) is 110 cm³/mol. The molecule has 0 radical (unpaired) electrons. The number of esters is 1. The zero-order chi connectivity index (χ0) is 21.4. The van der Waals surface area contributed by atoms with E-state index in [1.54, 1.807) is 49.4 Å². The second kappa shape index (κ2) is 10.0. The van der Waals surface area contributed by atoms with E-state index in [2.05, 4.69) is 10.6 Å². The van der Waals surface area contributed by atoms with Crippen LogP contribution in [0, 0.1) is 0 Å². The number of hydrogen-bond acceptors (Lipinski definition) is 6. The van der Waals surface area contributed by atoms with Gasteiger partial charge in [0, 0.05) is 26.3 Å². The molecule has 0 aliphatic carbocycles. The van der Waals surface area contributed by atoms with E-state index in [-0.39, 0.29) is 23.9 Å². The minimum absolute atomic E-state index is 0.00134. The van der Waals surface area contributed by atoms with Crippen LogP contribution in [-0.4, -0.2) is 51.8 Å². The average molecular weight is 420 g/mol. The van der Waals surface area contributed by atoms with Gasteiger partial charge >= 0.3 is 5.97 Å². The maximum atomic E-state index is 12.4. The molecule has 9 heteroatoms. The largest absolute Gasteiger partial charge is 0.462 e. The third-order valence-electron chi connectivity index (χ3n) is 4.06. The van der Waals surface area contributed by atoms with E-state index in [0.29, 0.717) is 23.4 Å². The lowest BCUT2D eigenvalue weighted by Gasteiger charge is -2.15. The first-order chi connectivity index (χ1) is 13.8. The van der Waals surface area contributed by atoms with Crippen molar-refractivity contribution in [1.29, 1.82) is 0 Å². The Bertz CT molecular complexity index is 956. The molecule has 1 amide bonds. The van der Waals surface area contributed by atoms with E-state index in [4.69, 9.17) is 4.74 Å². The molecule has 0 aliphatic rings. The molecular formula is C20H25N3O5S. The number of rotatable bonds is 9. The smallest absolute Gasteiger partial charge is 0.338 e. The molecule has 156 valence electrons. The van der Waals surface area contributed by atoms with Crippen molar-refractivity contribution in [2.24, 2.45) is 0 Å². The first kappa shape index (κ1) is 22.4. The van der Waals surface area contributed by atoms with Crippen molar-refractivity contribution in [3.63, 3.8) is 0 Å². The number of carbonyl (C=O) groups is 2. The molecule has 8 nitrogen and oxygen atoms in total. The van der Waals surface area contributed by atoms with Crippen LogP contribution in [0.1, 0.15) is 22.8 Å². The lowest BCUT2D eigenvalue weighted by Crippen LogP contribution is -2.30. The predicted octanol–water partition coefficient (Wildman–Crippen LogP) is 1.84. The number of nitrogens with zero attached hydrogens (tertiary/aromatic N) is 1. The molecule has 0 saturated carbocycles. The summed E-state index contributed by atoms with van der Waals surface area (Å²) in [4.78, 5) is 23.9. The zero-order valence-corrected chi connectivity index (χ0v) is 17.5. The summed E-state index contributed by atoms with van der Waals surface area (Å²) in [5, 5.41) is 5.66. The normalized spacial score (nSPS) is 11.2. The highest BCUT2D eigenvalue weighted by Gasteiger charge is 2.20. The van der Waals surface area contributed by atoms with Crippen molar-refractivity contribution in [3.05, 3.63) is 59.7 Å². The highest BCUT2D eigenvalue weighted by atomic mass is 32.2. The molecule has 0 aliphatic heterocycles. The Morgan fingerprint density at radius 1 is 1.03 bits per heavy atom. The van der Waals surface area contributed by atoms with Gasteiger partial charge in [-0.1, -0.05) is 18.2 Å². The van der Waals surface area contributed by atoms with E-state index in [1.807, 2.05) is 0 Å². The highest BCUT2D eigenvalue weighted by molar-refractivity contribution is 7.89. The average Bonchev–Trinajstić information content (AvgIpc) is 2.71. The molecule has 0 heterocycles. The van der Waals surface area contributed by atoms with Crippen molar-refractivity contribution >= 4 is 27.6 Å². The maximum Gasteiger partial charge on any atom is 0.338 e. The van der Waals surface area contributed by atoms with Gasteiger partial charge in [0.15, 0.2) is 0 Å². The summed E-state index contributed by atoms with van der Waals surface area (Å²) in [5.41, 5.74) is 1.61. The number of amides is 1. The molecule has 0 unspecified atom stereocenters. The Labute approximate surface area is 170 Å². The molecule has 2 rings (SSSR count). The van der Waals surface area contributed by atoms with E-state index in [0.717, 1.165) is 4.31 Å². The van der Waals surface area contributed by atoms with Crippen molar-refractivity contribution in [1.82, 2.24) is 9.62 Å². The van der Waals surface area contributed by atoms with E-state index in [1.165, 1.54) is 20.2 Å². The van der Waals surface area contributed by atoms with E-state index in [9.17, 15) is 18.0 Å². The van der Waals surface area contributed by atoms with Crippen LogP contribution in [0.5, 0.6) is 0 Å². The monoisotopic (exact) mass is 419 g/mol. The van der Waals surface area contributed by atoms with Gasteiger partial charge in [0.25, 0.3) is 0 Å². The fraction of sp³-hybridized carbons (Fsp3) is 0.300. The number of sulfonamides is 1. The fourth-order valence-corrected chi connectivity index (χ4v) is 3.59. The van der Waals surface area contributed by atoms with Crippen LogP contribution in [0.4, 0.5) is 5.69 Å². The highest BCUT2D eigenvalue weighted by Crippen LogP contribution is 2.18. The minimum atomic E-state index is -3.60. The van der Waals surface area contributed by atoms with Gasteiger partial charge in [-0.05, 0) is 42.8 Å². The Morgan fingerprint density at radius 3 is 2.31 bits per heavy atom. The van der Waals surface area contributed by atoms with Gasteiger partial charge in [0.05, 0.1) is 23.6 Å². The van der Waals surface area contributed by atoms with E-state index < -0.39 is 16.0 Å². The molecule has 0 fully saturated rings. The Kier molecular flexibility index (Phi) is 7.74. The first-order valence-electron chi connectivity index (χ1n) is 9.04. The molecule has 2 N–H and O–H groups in total. The lowest BCUT2D eigenvalue weighted by molar-refractivity contribution is -0.119. The molecular weight excluding hydrogens is 394 g/mol. The van der Waals surface area contributed by atoms with Crippen LogP contribution in [0.2, 0.25) is 0 Å².